The molecule has 2 rings (SSSR count). The molecule has 0 saturated carbocycles. The number of carbonyl (C=O) groups excluding carboxylic acids is 2. The number of nitrogens with zero attached hydrogens (tertiary/aromatic N) is 2. The number of nitrogens with one attached hydrogen (secondary N) is 1. The summed E-state index contributed by atoms with van der Waals surface area (Å²) in [5.41, 5.74) is 1.00. The van der Waals surface area contributed by atoms with Crippen LogP contribution in [0.1, 0.15) is 31.9 Å². The normalized spacial score (nSPS) is 20.6. The zero-order valence-electron chi connectivity index (χ0n) is 9.43. The van der Waals surface area contributed by atoms with Gasteiger partial charge in [-0.1, -0.05) is 0 Å². The van der Waals surface area contributed by atoms with Crippen LogP contribution in [0.2, 0.25) is 0 Å². The molecular formula is C11H15N3O2. The molecule has 1 aliphatic rings. The highest BCUT2D eigenvalue weighted by Gasteiger charge is 2.30. The molecule has 0 radical (unpaired) electrons. The summed E-state index contributed by atoms with van der Waals surface area (Å²) in [6.07, 6.45) is 4.58. The van der Waals surface area contributed by atoms with E-state index in [1.54, 1.807) is 6.20 Å². The molecule has 0 bridgehead atoms. The lowest BCUT2D eigenvalue weighted by molar-refractivity contribution is -0.125. The molecule has 5 heteroatoms. The van der Waals surface area contributed by atoms with Gasteiger partial charge in [-0.3, -0.25) is 19.6 Å². The Labute approximate surface area is 93.8 Å². The monoisotopic (exact) mass is 221 g/mol. The Hall–Kier alpha value is -1.65. The van der Waals surface area contributed by atoms with Gasteiger partial charge < -0.3 is 0 Å². The van der Waals surface area contributed by atoms with Gasteiger partial charge in [0.2, 0.25) is 11.8 Å². The van der Waals surface area contributed by atoms with Gasteiger partial charge in [0, 0.05) is 18.7 Å². The molecule has 1 atom stereocenters. The minimum atomic E-state index is -0.225. The Morgan fingerprint density at radius 1 is 1.56 bits per heavy atom. The van der Waals surface area contributed by atoms with Crippen LogP contribution < -0.4 is 5.32 Å². The highest BCUT2D eigenvalue weighted by molar-refractivity contribution is 6.03. The van der Waals surface area contributed by atoms with Crippen molar-refractivity contribution in [1.29, 1.82) is 0 Å². The Balaban J connectivity index is 2.04. The second-order valence-corrected chi connectivity index (χ2v) is 4.44. The van der Waals surface area contributed by atoms with E-state index in [0.717, 1.165) is 5.56 Å². The fourth-order valence-electron chi connectivity index (χ4n) is 1.82. The van der Waals surface area contributed by atoms with Crippen molar-refractivity contribution in [2.75, 3.05) is 0 Å². The third-order valence-corrected chi connectivity index (χ3v) is 2.73. The summed E-state index contributed by atoms with van der Waals surface area (Å²) in [6, 6.07) is 0.313. The predicted octanol–water partition coefficient (Wildman–Crippen LogP) is 0.669. The van der Waals surface area contributed by atoms with Gasteiger partial charge in [0.25, 0.3) is 0 Å². The summed E-state index contributed by atoms with van der Waals surface area (Å²) in [5, 5.41) is 6.51. The second-order valence-electron chi connectivity index (χ2n) is 4.44. The van der Waals surface area contributed by atoms with E-state index in [1.165, 1.54) is 0 Å². The Morgan fingerprint density at radius 3 is 2.81 bits per heavy atom. The fraction of sp³-hybridized carbons (Fsp3) is 0.545. The van der Waals surface area contributed by atoms with Crippen LogP contribution in [-0.2, 0) is 16.0 Å². The maximum Gasteiger partial charge on any atom is 0.230 e. The standard InChI is InChI=1S/C11H15N3O2/c1-7(2)14-6-8(5-12-14)3-9-4-10(15)13-11(9)16/h5-7,9H,3-4H2,1-2H3,(H,13,15,16). The van der Waals surface area contributed by atoms with Gasteiger partial charge in [0.1, 0.15) is 0 Å². The minimum absolute atomic E-state index is 0.165. The van der Waals surface area contributed by atoms with E-state index >= 15 is 0 Å². The van der Waals surface area contributed by atoms with E-state index in [9.17, 15) is 9.59 Å². The summed E-state index contributed by atoms with van der Waals surface area (Å²) in [7, 11) is 0. The second kappa shape index (κ2) is 4.08. The Morgan fingerprint density at radius 2 is 2.31 bits per heavy atom. The van der Waals surface area contributed by atoms with Crippen molar-refractivity contribution in [2.45, 2.75) is 32.7 Å². The number of hydrogen-bond donors (Lipinski definition) is 1. The number of imide groups is 1. The number of aromatic nitrogens is 2. The molecule has 0 aromatic carbocycles. The first-order valence-corrected chi connectivity index (χ1v) is 5.43. The molecule has 1 fully saturated rings. The summed E-state index contributed by atoms with van der Waals surface area (Å²) < 4.78 is 1.85. The topological polar surface area (TPSA) is 64.0 Å². The Kier molecular flexibility index (Phi) is 2.77. The van der Waals surface area contributed by atoms with E-state index in [2.05, 4.69) is 10.4 Å². The third kappa shape index (κ3) is 2.13. The number of rotatable bonds is 3. The Bertz CT molecular complexity index is 423. The van der Waals surface area contributed by atoms with Crippen LogP contribution in [0.4, 0.5) is 0 Å². The molecule has 1 saturated heterocycles. The number of amides is 2. The third-order valence-electron chi connectivity index (χ3n) is 2.73. The van der Waals surface area contributed by atoms with Crippen LogP contribution in [0, 0.1) is 5.92 Å². The van der Waals surface area contributed by atoms with Crippen LogP contribution in [0.25, 0.3) is 0 Å². The van der Waals surface area contributed by atoms with Gasteiger partial charge >= 0.3 is 0 Å². The van der Waals surface area contributed by atoms with Crippen molar-refractivity contribution in [3.8, 4) is 0 Å². The summed E-state index contributed by atoms with van der Waals surface area (Å²) >= 11 is 0. The minimum Gasteiger partial charge on any atom is -0.296 e. The van der Waals surface area contributed by atoms with Gasteiger partial charge in [-0.05, 0) is 25.8 Å². The molecule has 1 aliphatic heterocycles. The van der Waals surface area contributed by atoms with Crippen molar-refractivity contribution in [2.24, 2.45) is 5.92 Å². The highest BCUT2D eigenvalue weighted by Crippen LogP contribution is 2.17. The van der Waals surface area contributed by atoms with Crippen molar-refractivity contribution >= 4 is 11.8 Å². The zero-order chi connectivity index (χ0) is 11.7. The van der Waals surface area contributed by atoms with Crippen molar-refractivity contribution < 1.29 is 9.59 Å². The molecule has 1 aromatic rings. The average molecular weight is 221 g/mol. The van der Waals surface area contributed by atoms with E-state index < -0.39 is 0 Å². The average Bonchev–Trinajstić information content (AvgIpc) is 2.75. The van der Waals surface area contributed by atoms with Crippen molar-refractivity contribution in [3.05, 3.63) is 18.0 Å². The van der Waals surface area contributed by atoms with Crippen LogP contribution in [-0.4, -0.2) is 21.6 Å². The SMILES string of the molecule is CC(C)n1cc(CC2CC(=O)NC2=O)cn1. The first-order valence-electron chi connectivity index (χ1n) is 5.43. The van der Waals surface area contributed by atoms with Gasteiger partial charge in [0.15, 0.2) is 0 Å². The summed E-state index contributed by atoms with van der Waals surface area (Å²) in [4.78, 5) is 22.4. The largest absolute Gasteiger partial charge is 0.296 e. The van der Waals surface area contributed by atoms with Gasteiger partial charge in [0.05, 0.1) is 12.1 Å². The van der Waals surface area contributed by atoms with E-state index in [4.69, 9.17) is 0 Å². The zero-order valence-corrected chi connectivity index (χ0v) is 9.43. The molecule has 1 unspecified atom stereocenters. The molecule has 5 nitrogen and oxygen atoms in total. The molecule has 1 N–H and O–H groups in total. The molecule has 2 heterocycles. The number of carbonyl (C=O) groups is 2. The van der Waals surface area contributed by atoms with E-state index in [-0.39, 0.29) is 17.7 Å². The molecular weight excluding hydrogens is 206 g/mol. The van der Waals surface area contributed by atoms with Crippen molar-refractivity contribution in [3.63, 3.8) is 0 Å². The van der Waals surface area contributed by atoms with E-state index in [1.807, 2.05) is 24.7 Å². The molecule has 0 spiro atoms. The number of hydrogen-bond acceptors (Lipinski definition) is 3. The first kappa shape index (κ1) is 10.9. The quantitative estimate of drug-likeness (QED) is 0.763. The fourth-order valence-corrected chi connectivity index (χ4v) is 1.82. The smallest absolute Gasteiger partial charge is 0.230 e. The maximum absolute atomic E-state index is 11.4. The lowest BCUT2D eigenvalue weighted by Gasteiger charge is -2.04. The maximum atomic E-state index is 11.4. The lowest BCUT2D eigenvalue weighted by Crippen LogP contribution is -2.22. The van der Waals surface area contributed by atoms with Gasteiger partial charge in [-0.15, -0.1) is 0 Å². The van der Waals surface area contributed by atoms with Crippen molar-refractivity contribution in [1.82, 2.24) is 15.1 Å². The van der Waals surface area contributed by atoms with Crippen LogP contribution in [0.15, 0.2) is 12.4 Å². The summed E-state index contributed by atoms with van der Waals surface area (Å²) in [5.74, 6) is -0.564. The highest BCUT2D eigenvalue weighted by atomic mass is 16.2. The lowest BCUT2D eigenvalue weighted by atomic mass is 10.0. The van der Waals surface area contributed by atoms with E-state index in [0.29, 0.717) is 18.9 Å². The van der Waals surface area contributed by atoms with Crippen LogP contribution in [0.3, 0.4) is 0 Å². The van der Waals surface area contributed by atoms with Gasteiger partial charge in [-0.25, -0.2) is 0 Å². The van der Waals surface area contributed by atoms with Gasteiger partial charge in [-0.2, -0.15) is 5.10 Å². The molecule has 2 amide bonds. The molecule has 0 aliphatic carbocycles. The molecule has 16 heavy (non-hydrogen) atoms. The molecule has 86 valence electrons. The predicted molar refractivity (Wildman–Crippen MR) is 57.6 cm³/mol. The van der Waals surface area contributed by atoms with Crippen LogP contribution >= 0.6 is 0 Å². The first-order chi connectivity index (χ1) is 7.56. The van der Waals surface area contributed by atoms with Crippen LogP contribution in [0.5, 0.6) is 0 Å². The molecule has 1 aromatic heterocycles. The summed E-state index contributed by atoms with van der Waals surface area (Å²) in [6.45, 7) is 4.09.